The molecule has 0 spiro atoms. The van der Waals surface area contributed by atoms with Crippen LogP contribution in [-0.2, 0) is 12.0 Å². The molecule has 0 radical (unpaired) electrons. The minimum Gasteiger partial charge on any atom is -0.496 e. The summed E-state index contributed by atoms with van der Waals surface area (Å²) in [4.78, 5) is 18.1. The minimum atomic E-state index is -4.22. The third kappa shape index (κ3) is 6.10. The second kappa shape index (κ2) is 8.69. The number of benzene rings is 1. The molecule has 1 amide bonds. The topological polar surface area (TPSA) is 43.6 Å². The Hall–Kier alpha value is -1.80. The predicted molar refractivity (Wildman–Crippen MR) is 104 cm³/mol. The van der Waals surface area contributed by atoms with Gasteiger partial charge in [-0.15, -0.1) is 11.3 Å². The van der Waals surface area contributed by atoms with Gasteiger partial charge in [0.1, 0.15) is 5.75 Å². The molecule has 0 aliphatic rings. The zero-order valence-electron chi connectivity index (χ0n) is 16.1. The van der Waals surface area contributed by atoms with Gasteiger partial charge in [-0.3, -0.25) is 4.79 Å². The SMILES string of the molecule is COc1ccc(Cl)cc1C(=O)N=c1sc(C(C)(C)C)cn1CCCC(F)(F)F. The first-order chi connectivity index (χ1) is 12.9. The Morgan fingerprint density at radius 3 is 2.54 bits per heavy atom. The van der Waals surface area contributed by atoms with E-state index < -0.39 is 18.5 Å². The molecule has 0 unspecified atom stereocenters. The summed E-state index contributed by atoms with van der Waals surface area (Å²) in [6.07, 6.45) is -3.44. The number of carbonyl (C=O) groups is 1. The summed E-state index contributed by atoms with van der Waals surface area (Å²) < 4.78 is 44.3. The van der Waals surface area contributed by atoms with E-state index in [2.05, 4.69) is 4.99 Å². The lowest BCUT2D eigenvalue weighted by molar-refractivity contribution is -0.135. The summed E-state index contributed by atoms with van der Waals surface area (Å²) in [5.41, 5.74) is -0.0244. The van der Waals surface area contributed by atoms with E-state index in [1.54, 1.807) is 22.9 Å². The zero-order chi connectivity index (χ0) is 21.1. The molecule has 1 aromatic heterocycles. The molecular weight excluding hydrogens is 413 g/mol. The van der Waals surface area contributed by atoms with Gasteiger partial charge in [0.15, 0.2) is 4.80 Å². The van der Waals surface area contributed by atoms with Crippen LogP contribution >= 0.6 is 22.9 Å². The number of methoxy groups -OCH3 is 1. The summed E-state index contributed by atoms with van der Waals surface area (Å²) in [6.45, 7) is 6.09. The molecule has 28 heavy (non-hydrogen) atoms. The highest BCUT2D eigenvalue weighted by Crippen LogP contribution is 2.26. The van der Waals surface area contributed by atoms with Crippen LogP contribution in [0.15, 0.2) is 29.4 Å². The fraction of sp³-hybridized carbons (Fsp3) is 0.474. The van der Waals surface area contributed by atoms with E-state index >= 15 is 0 Å². The number of carbonyl (C=O) groups excluding carboxylic acids is 1. The maximum Gasteiger partial charge on any atom is 0.389 e. The molecular formula is C19H22ClF3N2O2S. The molecule has 2 rings (SSSR count). The molecule has 0 N–H and O–H groups in total. The van der Waals surface area contributed by atoms with Gasteiger partial charge >= 0.3 is 6.18 Å². The molecule has 9 heteroatoms. The van der Waals surface area contributed by atoms with Gasteiger partial charge in [0, 0.05) is 29.1 Å². The number of amides is 1. The van der Waals surface area contributed by atoms with E-state index in [-0.39, 0.29) is 23.9 Å². The van der Waals surface area contributed by atoms with Crippen molar-refractivity contribution in [3.63, 3.8) is 0 Å². The van der Waals surface area contributed by atoms with Crippen molar-refractivity contribution in [3.8, 4) is 5.75 Å². The number of nitrogens with zero attached hydrogens (tertiary/aromatic N) is 2. The second-order valence-electron chi connectivity index (χ2n) is 7.30. The lowest BCUT2D eigenvalue weighted by Gasteiger charge is -2.14. The number of rotatable bonds is 5. The summed E-state index contributed by atoms with van der Waals surface area (Å²) in [6, 6.07) is 4.62. The maximum atomic E-state index is 12.7. The van der Waals surface area contributed by atoms with E-state index in [4.69, 9.17) is 16.3 Å². The van der Waals surface area contributed by atoms with E-state index in [1.807, 2.05) is 20.8 Å². The lowest BCUT2D eigenvalue weighted by atomic mass is 9.95. The van der Waals surface area contributed by atoms with Gasteiger partial charge in [-0.05, 0) is 30.0 Å². The predicted octanol–water partition coefficient (Wildman–Crippen LogP) is 5.59. The summed E-state index contributed by atoms with van der Waals surface area (Å²) in [5.74, 6) is -0.236. The number of thiazole rings is 1. The quantitative estimate of drug-likeness (QED) is 0.615. The van der Waals surface area contributed by atoms with Gasteiger partial charge in [-0.25, -0.2) is 0 Å². The van der Waals surface area contributed by atoms with Crippen molar-refractivity contribution in [2.75, 3.05) is 7.11 Å². The number of ether oxygens (including phenoxy) is 1. The molecule has 4 nitrogen and oxygen atoms in total. The molecule has 0 aliphatic heterocycles. The van der Waals surface area contributed by atoms with Gasteiger partial charge in [0.2, 0.25) is 0 Å². The Morgan fingerprint density at radius 2 is 1.96 bits per heavy atom. The maximum absolute atomic E-state index is 12.7. The zero-order valence-corrected chi connectivity index (χ0v) is 17.6. The average molecular weight is 435 g/mol. The second-order valence-corrected chi connectivity index (χ2v) is 8.75. The monoisotopic (exact) mass is 434 g/mol. The number of aryl methyl sites for hydroxylation is 1. The van der Waals surface area contributed by atoms with Crippen molar-refractivity contribution in [1.29, 1.82) is 0 Å². The summed E-state index contributed by atoms with van der Waals surface area (Å²) in [7, 11) is 1.43. The number of hydrogen-bond donors (Lipinski definition) is 0. The van der Waals surface area contributed by atoms with Crippen LogP contribution in [0.5, 0.6) is 5.75 Å². The Bertz CT molecular complexity index is 911. The van der Waals surface area contributed by atoms with E-state index in [0.717, 1.165) is 4.88 Å². The smallest absolute Gasteiger partial charge is 0.389 e. The molecule has 2 aromatic rings. The van der Waals surface area contributed by atoms with Crippen molar-refractivity contribution >= 4 is 28.8 Å². The number of halogens is 4. The van der Waals surface area contributed by atoms with Gasteiger partial charge in [0.05, 0.1) is 12.7 Å². The standard InChI is InChI=1S/C19H22ClF3N2O2S/c1-18(2,3)15-11-25(9-5-8-19(21,22)23)17(28-15)24-16(26)13-10-12(20)6-7-14(13)27-4/h6-7,10-11H,5,8-9H2,1-4H3. The average Bonchev–Trinajstić information content (AvgIpc) is 2.96. The van der Waals surface area contributed by atoms with Crippen molar-refractivity contribution in [1.82, 2.24) is 4.57 Å². The third-order valence-electron chi connectivity index (χ3n) is 3.91. The van der Waals surface area contributed by atoms with Crippen molar-refractivity contribution in [2.45, 2.75) is 51.7 Å². The third-order valence-corrected chi connectivity index (χ3v) is 5.59. The van der Waals surface area contributed by atoms with Crippen molar-refractivity contribution in [2.24, 2.45) is 4.99 Å². The fourth-order valence-electron chi connectivity index (χ4n) is 2.42. The van der Waals surface area contributed by atoms with E-state index in [9.17, 15) is 18.0 Å². The first-order valence-corrected chi connectivity index (χ1v) is 9.80. The molecule has 154 valence electrons. The highest BCUT2D eigenvalue weighted by molar-refractivity contribution is 7.09. The van der Waals surface area contributed by atoms with Crippen molar-refractivity contribution in [3.05, 3.63) is 44.7 Å². The molecule has 0 saturated heterocycles. The van der Waals surface area contributed by atoms with E-state index in [1.165, 1.54) is 24.5 Å². The highest BCUT2D eigenvalue weighted by Gasteiger charge is 2.26. The Morgan fingerprint density at radius 1 is 1.29 bits per heavy atom. The molecule has 0 saturated carbocycles. The first-order valence-electron chi connectivity index (χ1n) is 8.61. The normalized spacial score (nSPS) is 13.1. The van der Waals surface area contributed by atoms with Crippen LogP contribution in [0, 0.1) is 0 Å². The van der Waals surface area contributed by atoms with Gasteiger partial charge in [-0.1, -0.05) is 32.4 Å². The Balaban J connectivity index is 2.43. The summed E-state index contributed by atoms with van der Waals surface area (Å²) in [5, 5.41) is 0.360. The van der Waals surface area contributed by atoms with Crippen LogP contribution in [0.4, 0.5) is 13.2 Å². The number of aromatic nitrogens is 1. The van der Waals surface area contributed by atoms with Crippen LogP contribution in [-0.4, -0.2) is 23.8 Å². The fourth-order valence-corrected chi connectivity index (χ4v) is 3.66. The minimum absolute atomic E-state index is 0.0916. The van der Waals surface area contributed by atoms with Crippen LogP contribution in [0.25, 0.3) is 0 Å². The molecule has 0 atom stereocenters. The van der Waals surface area contributed by atoms with Crippen LogP contribution in [0.3, 0.4) is 0 Å². The number of hydrogen-bond acceptors (Lipinski definition) is 3. The van der Waals surface area contributed by atoms with Gasteiger partial charge < -0.3 is 9.30 Å². The molecule has 1 aromatic carbocycles. The van der Waals surface area contributed by atoms with E-state index in [0.29, 0.717) is 15.6 Å². The molecule has 0 aliphatic carbocycles. The van der Waals surface area contributed by atoms with Crippen LogP contribution in [0.2, 0.25) is 5.02 Å². The highest BCUT2D eigenvalue weighted by atomic mass is 35.5. The summed E-state index contributed by atoms with van der Waals surface area (Å²) >= 11 is 7.25. The lowest BCUT2D eigenvalue weighted by Crippen LogP contribution is -2.18. The molecule has 0 fully saturated rings. The first kappa shape index (κ1) is 22.5. The number of alkyl halides is 3. The molecule has 1 heterocycles. The Labute approximate surface area is 170 Å². The largest absolute Gasteiger partial charge is 0.496 e. The van der Waals surface area contributed by atoms with Gasteiger partial charge in [-0.2, -0.15) is 18.2 Å². The van der Waals surface area contributed by atoms with Crippen LogP contribution < -0.4 is 9.54 Å². The van der Waals surface area contributed by atoms with Gasteiger partial charge in [0.25, 0.3) is 5.91 Å². The van der Waals surface area contributed by atoms with Crippen molar-refractivity contribution < 1.29 is 22.7 Å². The Kier molecular flexibility index (Phi) is 6.98. The van der Waals surface area contributed by atoms with Crippen LogP contribution in [0.1, 0.15) is 48.8 Å². The molecule has 0 bridgehead atoms.